The normalized spacial score (nSPS) is 11.0. The lowest BCUT2D eigenvalue weighted by Crippen LogP contribution is -2.12. The van der Waals surface area contributed by atoms with Gasteiger partial charge in [-0.3, -0.25) is 4.79 Å². The van der Waals surface area contributed by atoms with E-state index < -0.39 is 0 Å². The van der Waals surface area contributed by atoms with Crippen LogP contribution in [0.15, 0.2) is 53.6 Å². The molecule has 1 amide bonds. The molecule has 0 saturated heterocycles. The molecule has 126 valence electrons. The summed E-state index contributed by atoms with van der Waals surface area (Å²) in [6.45, 7) is 3.62. The van der Waals surface area contributed by atoms with E-state index in [0.29, 0.717) is 12.4 Å². The Morgan fingerprint density at radius 1 is 1.12 bits per heavy atom. The molecular weight excluding hydrogens is 316 g/mol. The molecule has 6 heteroatoms. The number of hydrogen-bond donors (Lipinski definition) is 1. The number of hydrazone groups is 1. The summed E-state index contributed by atoms with van der Waals surface area (Å²) in [5.41, 5.74) is 6.47. The van der Waals surface area contributed by atoms with E-state index in [1.54, 1.807) is 6.21 Å². The molecule has 0 aliphatic rings. The van der Waals surface area contributed by atoms with E-state index in [1.807, 2.05) is 55.5 Å². The number of benzene rings is 2. The molecule has 0 saturated carbocycles. The SMILES string of the molecule is CC(=O)NN=Cc1ccccc1OCc1nc2ccccc2nc1C. The van der Waals surface area contributed by atoms with Gasteiger partial charge in [0.15, 0.2) is 0 Å². The van der Waals surface area contributed by atoms with Gasteiger partial charge in [0.05, 0.1) is 28.6 Å². The molecule has 3 aromatic rings. The van der Waals surface area contributed by atoms with E-state index in [2.05, 4.69) is 20.5 Å². The van der Waals surface area contributed by atoms with Gasteiger partial charge in [-0.2, -0.15) is 5.10 Å². The Bertz CT molecular complexity index is 938. The standard InChI is InChI=1S/C19H18N4O2/c1-13-18(22-17-9-5-4-8-16(17)21-13)12-25-19-10-6-3-7-15(19)11-20-23-14(2)24/h3-11H,12H2,1-2H3,(H,23,24). The lowest BCUT2D eigenvalue weighted by molar-refractivity contribution is -0.118. The fourth-order valence-corrected chi connectivity index (χ4v) is 2.32. The smallest absolute Gasteiger partial charge is 0.236 e. The van der Waals surface area contributed by atoms with Gasteiger partial charge in [-0.1, -0.05) is 24.3 Å². The maximum Gasteiger partial charge on any atom is 0.236 e. The van der Waals surface area contributed by atoms with Gasteiger partial charge in [0.25, 0.3) is 0 Å². The van der Waals surface area contributed by atoms with Crippen LogP contribution < -0.4 is 10.2 Å². The summed E-state index contributed by atoms with van der Waals surface area (Å²) >= 11 is 0. The average Bonchev–Trinajstić information content (AvgIpc) is 2.60. The number of aryl methyl sites for hydroxylation is 1. The maximum absolute atomic E-state index is 10.9. The summed E-state index contributed by atoms with van der Waals surface area (Å²) in [4.78, 5) is 20.1. The molecule has 0 atom stereocenters. The largest absolute Gasteiger partial charge is 0.487 e. The zero-order valence-corrected chi connectivity index (χ0v) is 14.1. The van der Waals surface area contributed by atoms with Gasteiger partial charge in [-0.05, 0) is 31.2 Å². The predicted molar refractivity (Wildman–Crippen MR) is 96.5 cm³/mol. The lowest BCUT2D eigenvalue weighted by Gasteiger charge is -2.10. The average molecular weight is 334 g/mol. The van der Waals surface area contributed by atoms with E-state index in [1.165, 1.54) is 6.92 Å². The lowest BCUT2D eigenvalue weighted by atomic mass is 10.2. The Kier molecular flexibility index (Phi) is 4.99. The van der Waals surface area contributed by atoms with Crippen LogP contribution >= 0.6 is 0 Å². The summed E-state index contributed by atoms with van der Waals surface area (Å²) in [5.74, 6) is 0.433. The highest BCUT2D eigenvalue weighted by Crippen LogP contribution is 2.19. The molecule has 25 heavy (non-hydrogen) atoms. The summed E-state index contributed by atoms with van der Waals surface area (Å²) in [6.07, 6.45) is 1.55. The van der Waals surface area contributed by atoms with Crippen LogP contribution in [0, 0.1) is 6.92 Å². The molecule has 0 radical (unpaired) electrons. The molecule has 1 aromatic heterocycles. The first-order valence-electron chi connectivity index (χ1n) is 7.87. The molecule has 1 N–H and O–H groups in total. The number of rotatable bonds is 5. The number of aromatic nitrogens is 2. The van der Waals surface area contributed by atoms with Crippen molar-refractivity contribution in [2.75, 3.05) is 0 Å². The van der Waals surface area contributed by atoms with Crippen LogP contribution in [-0.2, 0) is 11.4 Å². The van der Waals surface area contributed by atoms with Gasteiger partial charge in [0.1, 0.15) is 12.4 Å². The van der Waals surface area contributed by atoms with Crippen LogP contribution in [0.5, 0.6) is 5.75 Å². The summed E-state index contributed by atoms with van der Waals surface area (Å²) in [5, 5.41) is 3.88. The Morgan fingerprint density at radius 3 is 2.56 bits per heavy atom. The van der Waals surface area contributed by atoms with E-state index in [4.69, 9.17) is 4.74 Å². The zero-order valence-electron chi connectivity index (χ0n) is 14.1. The molecule has 6 nitrogen and oxygen atoms in total. The molecule has 0 aliphatic carbocycles. The fraction of sp³-hybridized carbons (Fsp3) is 0.158. The quantitative estimate of drug-likeness (QED) is 0.575. The van der Waals surface area contributed by atoms with E-state index in [-0.39, 0.29) is 5.91 Å². The number of nitrogens with zero attached hydrogens (tertiary/aromatic N) is 3. The highest BCUT2D eigenvalue weighted by Gasteiger charge is 2.07. The second kappa shape index (κ2) is 7.53. The van der Waals surface area contributed by atoms with Gasteiger partial charge in [-0.15, -0.1) is 0 Å². The fourth-order valence-electron chi connectivity index (χ4n) is 2.32. The molecule has 3 rings (SSSR count). The van der Waals surface area contributed by atoms with Crippen molar-refractivity contribution in [3.63, 3.8) is 0 Å². The van der Waals surface area contributed by atoms with Crippen LogP contribution in [0.25, 0.3) is 11.0 Å². The minimum atomic E-state index is -0.225. The minimum absolute atomic E-state index is 0.225. The highest BCUT2D eigenvalue weighted by molar-refractivity contribution is 5.84. The van der Waals surface area contributed by atoms with Crippen molar-refractivity contribution >= 4 is 23.2 Å². The predicted octanol–water partition coefficient (Wildman–Crippen LogP) is 2.99. The number of ether oxygens (including phenoxy) is 1. The second-order valence-corrected chi connectivity index (χ2v) is 5.50. The van der Waals surface area contributed by atoms with E-state index in [9.17, 15) is 4.79 Å². The van der Waals surface area contributed by atoms with Crippen molar-refractivity contribution in [3.8, 4) is 5.75 Å². The van der Waals surface area contributed by atoms with Crippen LogP contribution in [0.3, 0.4) is 0 Å². The van der Waals surface area contributed by atoms with E-state index in [0.717, 1.165) is 28.0 Å². The zero-order chi connectivity index (χ0) is 17.6. The number of para-hydroxylation sites is 3. The van der Waals surface area contributed by atoms with Crippen molar-refractivity contribution in [1.82, 2.24) is 15.4 Å². The van der Waals surface area contributed by atoms with Gasteiger partial charge < -0.3 is 4.74 Å². The van der Waals surface area contributed by atoms with Gasteiger partial charge in [0.2, 0.25) is 5.91 Å². The molecule has 2 aromatic carbocycles. The van der Waals surface area contributed by atoms with Crippen molar-refractivity contribution in [1.29, 1.82) is 0 Å². The Balaban J connectivity index is 1.79. The van der Waals surface area contributed by atoms with Crippen LogP contribution in [0.1, 0.15) is 23.9 Å². The van der Waals surface area contributed by atoms with Crippen LogP contribution in [0.4, 0.5) is 0 Å². The summed E-state index contributed by atoms with van der Waals surface area (Å²) in [7, 11) is 0. The monoisotopic (exact) mass is 334 g/mol. The molecule has 0 bridgehead atoms. The molecule has 0 aliphatic heterocycles. The number of carbonyl (C=O) groups is 1. The van der Waals surface area contributed by atoms with Crippen molar-refractivity contribution in [2.45, 2.75) is 20.5 Å². The van der Waals surface area contributed by atoms with Crippen LogP contribution in [0.2, 0.25) is 0 Å². The first kappa shape index (κ1) is 16.6. The first-order chi connectivity index (χ1) is 12.1. The number of amides is 1. The first-order valence-corrected chi connectivity index (χ1v) is 7.87. The Labute approximate surface area is 145 Å². The summed E-state index contributed by atoms with van der Waals surface area (Å²) < 4.78 is 5.90. The van der Waals surface area contributed by atoms with Crippen molar-refractivity contribution in [2.24, 2.45) is 5.10 Å². The molecule has 0 unspecified atom stereocenters. The number of fused-ring (bicyclic) bond motifs is 1. The van der Waals surface area contributed by atoms with Crippen molar-refractivity contribution in [3.05, 3.63) is 65.5 Å². The van der Waals surface area contributed by atoms with Crippen LogP contribution in [-0.4, -0.2) is 22.1 Å². The highest BCUT2D eigenvalue weighted by atomic mass is 16.5. The van der Waals surface area contributed by atoms with Gasteiger partial charge in [0, 0.05) is 12.5 Å². The molecule has 1 heterocycles. The maximum atomic E-state index is 10.9. The number of hydrogen-bond acceptors (Lipinski definition) is 5. The second-order valence-electron chi connectivity index (χ2n) is 5.50. The number of nitrogens with one attached hydrogen (secondary N) is 1. The number of carbonyl (C=O) groups excluding carboxylic acids is 1. The Hall–Kier alpha value is -3.28. The van der Waals surface area contributed by atoms with Crippen molar-refractivity contribution < 1.29 is 9.53 Å². The third-order valence-corrected chi connectivity index (χ3v) is 3.55. The third-order valence-electron chi connectivity index (χ3n) is 3.55. The molecule has 0 fully saturated rings. The summed E-state index contributed by atoms with van der Waals surface area (Å²) in [6, 6.07) is 15.2. The Morgan fingerprint density at radius 2 is 1.80 bits per heavy atom. The molecule has 0 spiro atoms. The third kappa shape index (κ3) is 4.17. The topological polar surface area (TPSA) is 76.5 Å². The van der Waals surface area contributed by atoms with Gasteiger partial charge >= 0.3 is 0 Å². The molecular formula is C19H18N4O2. The van der Waals surface area contributed by atoms with Gasteiger partial charge in [-0.25, -0.2) is 15.4 Å². The minimum Gasteiger partial charge on any atom is -0.487 e. The van der Waals surface area contributed by atoms with E-state index >= 15 is 0 Å².